The van der Waals surface area contributed by atoms with E-state index in [1.807, 2.05) is 12.3 Å². The quantitative estimate of drug-likeness (QED) is 0.917. The minimum Gasteiger partial charge on any atom is -0.356 e. The van der Waals surface area contributed by atoms with Crippen molar-refractivity contribution in [2.75, 3.05) is 18.0 Å². The number of aromatic nitrogens is 1. The molecule has 3 heteroatoms. The van der Waals surface area contributed by atoms with E-state index < -0.39 is 0 Å². The van der Waals surface area contributed by atoms with Gasteiger partial charge in [0.25, 0.3) is 0 Å². The van der Waals surface area contributed by atoms with Gasteiger partial charge in [-0.05, 0) is 42.2 Å². The fourth-order valence-corrected chi connectivity index (χ4v) is 2.96. The van der Waals surface area contributed by atoms with Crippen molar-refractivity contribution < 1.29 is 0 Å². The molecule has 2 N–H and O–H groups in total. The molecule has 2 atom stereocenters. The van der Waals surface area contributed by atoms with Crippen LogP contribution in [-0.4, -0.2) is 24.1 Å². The van der Waals surface area contributed by atoms with E-state index in [0.29, 0.717) is 5.41 Å². The highest BCUT2D eigenvalue weighted by molar-refractivity contribution is 5.48. The van der Waals surface area contributed by atoms with Gasteiger partial charge in [-0.1, -0.05) is 33.8 Å². The molecule has 0 amide bonds. The Labute approximate surface area is 123 Å². The van der Waals surface area contributed by atoms with Gasteiger partial charge in [-0.25, -0.2) is 4.98 Å². The van der Waals surface area contributed by atoms with Gasteiger partial charge in [-0.3, -0.25) is 0 Å². The summed E-state index contributed by atoms with van der Waals surface area (Å²) in [4.78, 5) is 7.09. The molecule has 1 aliphatic heterocycles. The van der Waals surface area contributed by atoms with Crippen LogP contribution in [-0.2, 0) is 6.42 Å². The maximum absolute atomic E-state index is 6.12. The molecule has 2 rings (SSSR count). The second-order valence-electron chi connectivity index (χ2n) is 7.16. The largest absolute Gasteiger partial charge is 0.356 e. The van der Waals surface area contributed by atoms with E-state index in [-0.39, 0.29) is 6.04 Å². The molecule has 1 aliphatic rings. The fourth-order valence-electron chi connectivity index (χ4n) is 2.96. The molecule has 1 aromatic rings. The van der Waals surface area contributed by atoms with Gasteiger partial charge in [0.1, 0.15) is 5.82 Å². The second kappa shape index (κ2) is 6.13. The molecule has 0 radical (unpaired) electrons. The molecule has 2 unspecified atom stereocenters. The predicted octanol–water partition coefficient (Wildman–Crippen LogP) is 3.23. The average Bonchev–Trinajstić information content (AvgIpc) is 2.88. The van der Waals surface area contributed by atoms with E-state index in [0.717, 1.165) is 37.7 Å². The van der Waals surface area contributed by atoms with Gasteiger partial charge >= 0.3 is 0 Å². The summed E-state index contributed by atoms with van der Waals surface area (Å²) < 4.78 is 0. The highest BCUT2D eigenvalue weighted by atomic mass is 15.2. The molecule has 20 heavy (non-hydrogen) atoms. The third kappa shape index (κ3) is 3.51. The van der Waals surface area contributed by atoms with E-state index in [2.05, 4.69) is 43.6 Å². The van der Waals surface area contributed by atoms with Crippen molar-refractivity contribution in [1.29, 1.82) is 0 Å². The lowest BCUT2D eigenvalue weighted by molar-refractivity contribution is 0.263. The van der Waals surface area contributed by atoms with Crippen molar-refractivity contribution in [2.24, 2.45) is 17.1 Å². The van der Waals surface area contributed by atoms with E-state index in [4.69, 9.17) is 5.73 Å². The Morgan fingerprint density at radius 1 is 1.45 bits per heavy atom. The summed E-state index contributed by atoms with van der Waals surface area (Å²) in [5.41, 5.74) is 7.80. The molecule has 0 spiro atoms. The van der Waals surface area contributed by atoms with Gasteiger partial charge < -0.3 is 10.6 Å². The zero-order valence-electron chi connectivity index (χ0n) is 13.4. The van der Waals surface area contributed by atoms with Crippen LogP contribution in [0.5, 0.6) is 0 Å². The lowest BCUT2D eigenvalue weighted by atomic mass is 9.80. The van der Waals surface area contributed by atoms with Crippen LogP contribution in [0.1, 0.15) is 46.1 Å². The van der Waals surface area contributed by atoms with Crippen LogP contribution in [0.3, 0.4) is 0 Å². The summed E-state index contributed by atoms with van der Waals surface area (Å²) in [6.45, 7) is 11.4. The molecule has 2 heterocycles. The molecule has 1 fully saturated rings. The number of hydrogen-bond donors (Lipinski definition) is 1. The number of nitrogens with zero attached hydrogens (tertiary/aromatic N) is 2. The second-order valence-corrected chi connectivity index (χ2v) is 7.16. The Hall–Kier alpha value is -1.09. The minimum atomic E-state index is 0.235. The number of rotatable bonds is 4. The minimum absolute atomic E-state index is 0.235. The molecule has 0 bridgehead atoms. The van der Waals surface area contributed by atoms with Gasteiger partial charge in [0.2, 0.25) is 0 Å². The summed E-state index contributed by atoms with van der Waals surface area (Å²) in [7, 11) is 0. The van der Waals surface area contributed by atoms with Crippen molar-refractivity contribution >= 4 is 5.82 Å². The monoisotopic (exact) mass is 275 g/mol. The Balaban J connectivity index is 2.14. The summed E-state index contributed by atoms with van der Waals surface area (Å²) in [6, 6.07) is 4.44. The first-order valence-electron chi connectivity index (χ1n) is 7.86. The highest BCUT2D eigenvalue weighted by Gasteiger charge is 2.32. The van der Waals surface area contributed by atoms with Gasteiger partial charge in [-0.2, -0.15) is 0 Å². The summed E-state index contributed by atoms with van der Waals surface area (Å²) in [5, 5.41) is 0. The Morgan fingerprint density at radius 3 is 2.80 bits per heavy atom. The molecule has 3 nitrogen and oxygen atoms in total. The van der Waals surface area contributed by atoms with Crippen molar-refractivity contribution in [1.82, 2.24) is 4.98 Å². The van der Waals surface area contributed by atoms with E-state index >= 15 is 0 Å². The number of anilines is 1. The van der Waals surface area contributed by atoms with E-state index in [9.17, 15) is 0 Å². The van der Waals surface area contributed by atoms with Crippen molar-refractivity contribution in [2.45, 2.75) is 53.0 Å². The average molecular weight is 275 g/mol. The highest BCUT2D eigenvalue weighted by Crippen LogP contribution is 2.36. The lowest BCUT2D eigenvalue weighted by Crippen LogP contribution is -2.28. The molecule has 1 aromatic heterocycles. The summed E-state index contributed by atoms with van der Waals surface area (Å²) in [6.07, 6.45) is 5.11. The summed E-state index contributed by atoms with van der Waals surface area (Å²) in [5.74, 6) is 1.90. The van der Waals surface area contributed by atoms with Crippen LogP contribution in [0.4, 0.5) is 5.82 Å². The number of pyridine rings is 1. The third-order valence-electron chi connectivity index (χ3n) is 4.59. The standard InChI is InChI=1S/C17H29N3/c1-5-15(18)11-13-7-6-9-19-16(13)20-10-8-14(12-20)17(2,3)4/h6-7,9,14-15H,5,8,10-12,18H2,1-4H3. The topological polar surface area (TPSA) is 42.1 Å². The van der Waals surface area contributed by atoms with E-state index in [1.54, 1.807) is 0 Å². The molecule has 0 saturated carbocycles. The van der Waals surface area contributed by atoms with E-state index in [1.165, 1.54) is 12.0 Å². The third-order valence-corrected chi connectivity index (χ3v) is 4.59. The fraction of sp³-hybridized carbons (Fsp3) is 0.706. The lowest BCUT2D eigenvalue weighted by Gasteiger charge is -2.28. The molecular weight excluding hydrogens is 246 g/mol. The zero-order chi connectivity index (χ0) is 14.8. The smallest absolute Gasteiger partial charge is 0.131 e. The first-order valence-corrected chi connectivity index (χ1v) is 7.86. The number of hydrogen-bond acceptors (Lipinski definition) is 3. The Morgan fingerprint density at radius 2 is 2.20 bits per heavy atom. The predicted molar refractivity (Wildman–Crippen MR) is 86.0 cm³/mol. The number of nitrogens with two attached hydrogens (primary N) is 1. The summed E-state index contributed by atoms with van der Waals surface area (Å²) >= 11 is 0. The SMILES string of the molecule is CCC(N)Cc1cccnc1N1CCC(C(C)(C)C)C1. The van der Waals surface area contributed by atoms with Crippen LogP contribution in [0, 0.1) is 11.3 Å². The maximum Gasteiger partial charge on any atom is 0.131 e. The van der Waals surface area contributed by atoms with Crippen LogP contribution in [0.25, 0.3) is 0 Å². The zero-order valence-corrected chi connectivity index (χ0v) is 13.4. The van der Waals surface area contributed by atoms with Crippen molar-refractivity contribution in [3.8, 4) is 0 Å². The normalized spacial score (nSPS) is 21.2. The van der Waals surface area contributed by atoms with Crippen LogP contribution >= 0.6 is 0 Å². The van der Waals surface area contributed by atoms with Crippen molar-refractivity contribution in [3.05, 3.63) is 23.9 Å². The van der Waals surface area contributed by atoms with Gasteiger partial charge in [0, 0.05) is 25.3 Å². The molecular formula is C17H29N3. The molecule has 0 aliphatic carbocycles. The van der Waals surface area contributed by atoms with Crippen LogP contribution in [0.15, 0.2) is 18.3 Å². The first kappa shape index (κ1) is 15.3. The Bertz CT molecular complexity index is 436. The van der Waals surface area contributed by atoms with Gasteiger partial charge in [0.15, 0.2) is 0 Å². The van der Waals surface area contributed by atoms with Crippen molar-refractivity contribution in [3.63, 3.8) is 0 Å². The first-order chi connectivity index (χ1) is 9.41. The Kier molecular flexibility index (Phi) is 4.69. The van der Waals surface area contributed by atoms with Crippen LogP contribution < -0.4 is 10.6 Å². The van der Waals surface area contributed by atoms with Crippen LogP contribution in [0.2, 0.25) is 0 Å². The molecule has 112 valence electrons. The van der Waals surface area contributed by atoms with Gasteiger partial charge in [-0.15, -0.1) is 0 Å². The molecule has 0 aromatic carbocycles. The molecule has 1 saturated heterocycles. The maximum atomic E-state index is 6.12. The van der Waals surface area contributed by atoms with Gasteiger partial charge in [0.05, 0.1) is 0 Å².